The van der Waals surface area contributed by atoms with Gasteiger partial charge in [0.25, 0.3) is 0 Å². The van der Waals surface area contributed by atoms with Crippen molar-refractivity contribution in [3.63, 3.8) is 0 Å². The van der Waals surface area contributed by atoms with E-state index in [0.29, 0.717) is 0 Å². The summed E-state index contributed by atoms with van der Waals surface area (Å²) in [6, 6.07) is 0. The summed E-state index contributed by atoms with van der Waals surface area (Å²) in [5, 5.41) is 3.80. The Morgan fingerprint density at radius 3 is 2.48 bits per heavy atom. The zero-order chi connectivity index (χ0) is 15.2. The third-order valence-electron chi connectivity index (χ3n) is 4.59. The van der Waals surface area contributed by atoms with Gasteiger partial charge < -0.3 is 9.57 Å². The smallest absolute Gasteiger partial charge is 0.364 e. The summed E-state index contributed by atoms with van der Waals surface area (Å²) in [6.45, 7) is 3.22. The SMILES string of the molecule is CCOC(=O)/C(=N\OC1CCC2CCCCC2C1)C(C)=O. The van der Waals surface area contributed by atoms with Gasteiger partial charge in [-0.1, -0.05) is 30.8 Å². The molecule has 0 spiro atoms. The van der Waals surface area contributed by atoms with Gasteiger partial charge in [-0.15, -0.1) is 0 Å². The molecule has 5 heteroatoms. The molecule has 0 radical (unpaired) electrons. The second-order valence-electron chi connectivity index (χ2n) is 6.06. The Morgan fingerprint density at radius 2 is 1.81 bits per heavy atom. The number of ketones is 1. The lowest BCUT2D eigenvalue weighted by Crippen LogP contribution is -2.32. The Labute approximate surface area is 126 Å². The zero-order valence-corrected chi connectivity index (χ0v) is 13.0. The number of rotatable bonds is 5. The Kier molecular flexibility index (Phi) is 5.76. The fourth-order valence-electron chi connectivity index (χ4n) is 3.50. The molecular formula is C16H25NO4. The number of carbonyl (C=O) groups is 2. The van der Waals surface area contributed by atoms with E-state index in [1.165, 1.54) is 39.0 Å². The van der Waals surface area contributed by atoms with Crippen LogP contribution in [-0.2, 0) is 19.2 Å². The van der Waals surface area contributed by atoms with Crippen molar-refractivity contribution in [3.8, 4) is 0 Å². The first kappa shape index (κ1) is 16.0. The van der Waals surface area contributed by atoms with Crippen molar-refractivity contribution in [1.82, 2.24) is 0 Å². The molecule has 0 saturated heterocycles. The summed E-state index contributed by atoms with van der Waals surface area (Å²) in [4.78, 5) is 28.6. The summed E-state index contributed by atoms with van der Waals surface area (Å²) in [5.74, 6) is 0.437. The van der Waals surface area contributed by atoms with Crippen molar-refractivity contribution in [1.29, 1.82) is 0 Å². The fourth-order valence-corrected chi connectivity index (χ4v) is 3.50. The second-order valence-corrected chi connectivity index (χ2v) is 6.06. The average molecular weight is 295 g/mol. The molecular weight excluding hydrogens is 270 g/mol. The highest BCUT2D eigenvalue weighted by atomic mass is 16.6. The maximum absolute atomic E-state index is 11.6. The number of nitrogens with zero attached hydrogens (tertiary/aromatic N) is 1. The zero-order valence-electron chi connectivity index (χ0n) is 13.0. The lowest BCUT2D eigenvalue weighted by Gasteiger charge is -2.38. The minimum absolute atomic E-state index is 0.0214. The van der Waals surface area contributed by atoms with Gasteiger partial charge in [-0.05, 0) is 38.0 Å². The van der Waals surface area contributed by atoms with Crippen molar-refractivity contribution in [2.45, 2.75) is 64.9 Å². The molecule has 3 unspecified atom stereocenters. The first-order valence-electron chi connectivity index (χ1n) is 8.03. The van der Waals surface area contributed by atoms with E-state index in [0.717, 1.165) is 24.7 Å². The van der Waals surface area contributed by atoms with Crippen LogP contribution >= 0.6 is 0 Å². The molecule has 2 aliphatic carbocycles. The van der Waals surface area contributed by atoms with Gasteiger partial charge in [0.05, 0.1) is 6.61 Å². The number of esters is 1. The van der Waals surface area contributed by atoms with Gasteiger partial charge in [0.15, 0.2) is 5.78 Å². The van der Waals surface area contributed by atoms with Crippen molar-refractivity contribution < 1.29 is 19.2 Å². The monoisotopic (exact) mass is 295 g/mol. The molecule has 0 heterocycles. The van der Waals surface area contributed by atoms with Crippen LogP contribution in [0.2, 0.25) is 0 Å². The highest BCUT2D eigenvalue weighted by molar-refractivity contribution is 6.63. The number of oxime groups is 1. The topological polar surface area (TPSA) is 65.0 Å². The van der Waals surface area contributed by atoms with Gasteiger partial charge in [-0.3, -0.25) is 4.79 Å². The van der Waals surface area contributed by atoms with Crippen LogP contribution in [-0.4, -0.2) is 30.2 Å². The van der Waals surface area contributed by atoms with Crippen molar-refractivity contribution in [2.75, 3.05) is 6.61 Å². The fraction of sp³-hybridized carbons (Fsp3) is 0.812. The van der Waals surface area contributed by atoms with Crippen LogP contribution in [0.1, 0.15) is 58.8 Å². The van der Waals surface area contributed by atoms with E-state index < -0.39 is 11.8 Å². The van der Waals surface area contributed by atoms with Crippen LogP contribution in [0.15, 0.2) is 5.16 Å². The summed E-state index contributed by atoms with van der Waals surface area (Å²) >= 11 is 0. The lowest BCUT2D eigenvalue weighted by molar-refractivity contribution is -0.136. The minimum atomic E-state index is -0.698. The van der Waals surface area contributed by atoms with E-state index in [1.54, 1.807) is 6.92 Å². The largest absolute Gasteiger partial charge is 0.461 e. The molecule has 0 bridgehead atoms. The Hall–Kier alpha value is -1.39. The molecule has 2 fully saturated rings. The normalized spacial score (nSPS) is 29.4. The van der Waals surface area contributed by atoms with E-state index >= 15 is 0 Å². The molecule has 2 aliphatic rings. The van der Waals surface area contributed by atoms with Gasteiger partial charge in [0.1, 0.15) is 6.10 Å². The molecule has 0 aliphatic heterocycles. The number of hydrogen-bond donors (Lipinski definition) is 0. The Morgan fingerprint density at radius 1 is 1.10 bits per heavy atom. The molecule has 0 amide bonds. The van der Waals surface area contributed by atoms with Crippen molar-refractivity contribution in [2.24, 2.45) is 17.0 Å². The van der Waals surface area contributed by atoms with Crippen LogP contribution in [0.3, 0.4) is 0 Å². The number of Topliss-reactive ketones (excluding diaryl/α,β-unsaturated/α-hetero) is 1. The lowest BCUT2D eigenvalue weighted by atomic mass is 9.70. The molecule has 2 rings (SSSR count). The second kappa shape index (κ2) is 7.57. The maximum Gasteiger partial charge on any atom is 0.364 e. The van der Waals surface area contributed by atoms with Gasteiger partial charge in [0, 0.05) is 6.92 Å². The van der Waals surface area contributed by atoms with Crippen LogP contribution in [0, 0.1) is 11.8 Å². The number of hydrogen-bond acceptors (Lipinski definition) is 5. The predicted molar refractivity (Wildman–Crippen MR) is 78.9 cm³/mol. The molecule has 21 heavy (non-hydrogen) atoms. The minimum Gasteiger partial charge on any atom is -0.461 e. The molecule has 118 valence electrons. The highest BCUT2D eigenvalue weighted by Crippen LogP contribution is 2.41. The molecule has 3 atom stereocenters. The van der Waals surface area contributed by atoms with Gasteiger partial charge in [-0.2, -0.15) is 0 Å². The Bertz CT molecular complexity index is 419. The average Bonchev–Trinajstić information content (AvgIpc) is 2.47. The molecule has 0 aromatic heterocycles. The summed E-state index contributed by atoms with van der Waals surface area (Å²) in [5.41, 5.74) is -0.234. The number of carbonyl (C=O) groups excluding carboxylic acids is 2. The maximum atomic E-state index is 11.6. The third kappa shape index (κ3) is 4.29. The van der Waals surface area contributed by atoms with Gasteiger partial charge in [0.2, 0.25) is 5.71 Å². The van der Waals surface area contributed by atoms with E-state index in [-0.39, 0.29) is 18.4 Å². The standard InChI is InChI=1S/C16H25NO4/c1-3-20-16(19)15(11(2)18)17-21-14-9-8-12-6-4-5-7-13(12)10-14/h12-14H,3-10H2,1-2H3/b17-15-. The quantitative estimate of drug-likeness (QED) is 0.338. The van der Waals surface area contributed by atoms with E-state index in [1.807, 2.05) is 0 Å². The van der Waals surface area contributed by atoms with Crippen LogP contribution in [0.25, 0.3) is 0 Å². The van der Waals surface area contributed by atoms with Crippen molar-refractivity contribution >= 4 is 17.5 Å². The summed E-state index contributed by atoms with van der Waals surface area (Å²) in [7, 11) is 0. The van der Waals surface area contributed by atoms with E-state index in [4.69, 9.17) is 9.57 Å². The van der Waals surface area contributed by atoms with Crippen LogP contribution in [0.4, 0.5) is 0 Å². The van der Waals surface area contributed by atoms with Crippen LogP contribution < -0.4 is 0 Å². The first-order valence-corrected chi connectivity index (χ1v) is 8.03. The van der Waals surface area contributed by atoms with Gasteiger partial charge >= 0.3 is 5.97 Å². The van der Waals surface area contributed by atoms with E-state index in [2.05, 4.69) is 5.16 Å². The van der Waals surface area contributed by atoms with Crippen molar-refractivity contribution in [3.05, 3.63) is 0 Å². The third-order valence-corrected chi connectivity index (χ3v) is 4.59. The van der Waals surface area contributed by atoms with Gasteiger partial charge in [-0.25, -0.2) is 4.79 Å². The van der Waals surface area contributed by atoms with Crippen LogP contribution in [0.5, 0.6) is 0 Å². The molecule has 0 aromatic carbocycles. The molecule has 5 nitrogen and oxygen atoms in total. The Balaban J connectivity index is 1.92. The molecule has 0 aromatic rings. The summed E-state index contributed by atoms with van der Waals surface area (Å²) < 4.78 is 4.82. The molecule has 2 saturated carbocycles. The predicted octanol–water partition coefficient (Wildman–Crippen LogP) is 2.87. The van der Waals surface area contributed by atoms with E-state index in [9.17, 15) is 9.59 Å². The first-order chi connectivity index (χ1) is 10.1. The summed E-state index contributed by atoms with van der Waals surface area (Å²) in [6.07, 6.45) is 8.39. The molecule has 0 N–H and O–H groups in total. The highest BCUT2D eigenvalue weighted by Gasteiger charge is 2.33. The number of ether oxygens (including phenoxy) is 1. The number of fused-ring (bicyclic) bond motifs is 1.